The van der Waals surface area contributed by atoms with Crippen LogP contribution in [0.5, 0.6) is 0 Å². The Morgan fingerprint density at radius 1 is 1.36 bits per heavy atom. The van der Waals surface area contributed by atoms with Gasteiger partial charge in [0, 0.05) is 12.6 Å². The summed E-state index contributed by atoms with van der Waals surface area (Å²) in [6.45, 7) is 5.16. The zero-order valence-corrected chi connectivity index (χ0v) is 12.6. The fraction of sp³-hybridized carbons (Fsp3) is 0.375. The second-order valence-corrected chi connectivity index (χ2v) is 5.22. The largest absolute Gasteiger partial charge is 0.476 e. The summed E-state index contributed by atoms with van der Waals surface area (Å²) < 4.78 is 18.2. The van der Waals surface area contributed by atoms with Crippen molar-refractivity contribution in [1.82, 2.24) is 9.88 Å². The topological polar surface area (TPSA) is 66.6 Å². The zero-order chi connectivity index (χ0) is 16.1. The Labute approximate surface area is 128 Å². The van der Waals surface area contributed by atoms with Crippen LogP contribution in [0.3, 0.4) is 0 Å². The van der Waals surface area contributed by atoms with Gasteiger partial charge in [-0.25, -0.2) is 14.2 Å². The van der Waals surface area contributed by atoms with Crippen LogP contribution < -0.4 is 0 Å². The lowest BCUT2D eigenvalue weighted by Crippen LogP contribution is -2.31. The number of carboxylic acids is 1. The average Bonchev–Trinajstić information content (AvgIpc) is 2.97. The maximum absolute atomic E-state index is 13.0. The zero-order valence-electron chi connectivity index (χ0n) is 12.6. The molecule has 6 heteroatoms. The maximum atomic E-state index is 13.0. The van der Waals surface area contributed by atoms with Gasteiger partial charge < -0.3 is 9.52 Å². The summed E-state index contributed by atoms with van der Waals surface area (Å²) in [6, 6.07) is 6.59. The van der Waals surface area contributed by atoms with E-state index in [0.717, 1.165) is 18.2 Å². The third kappa shape index (κ3) is 4.14. The highest BCUT2D eigenvalue weighted by Crippen LogP contribution is 2.15. The molecule has 1 atom stereocenters. The Morgan fingerprint density at radius 2 is 2.05 bits per heavy atom. The molecule has 0 amide bonds. The molecule has 2 aromatic rings. The first-order valence-corrected chi connectivity index (χ1v) is 7.15. The molecule has 1 heterocycles. The number of nitrogens with zero attached hydrogens (tertiary/aromatic N) is 2. The predicted octanol–water partition coefficient (Wildman–Crippen LogP) is 3.31. The van der Waals surface area contributed by atoms with Crippen LogP contribution in [0.25, 0.3) is 0 Å². The van der Waals surface area contributed by atoms with Gasteiger partial charge in [0.1, 0.15) is 12.1 Å². The molecule has 0 saturated heterocycles. The number of aromatic nitrogens is 1. The summed E-state index contributed by atoms with van der Waals surface area (Å²) in [7, 11) is 0. The normalized spacial score (nSPS) is 12.5. The van der Waals surface area contributed by atoms with Gasteiger partial charge in [-0.1, -0.05) is 19.1 Å². The molecule has 0 aliphatic heterocycles. The molecule has 1 unspecified atom stereocenters. The van der Waals surface area contributed by atoms with Gasteiger partial charge in [-0.2, -0.15) is 0 Å². The molecule has 0 bridgehead atoms. The van der Waals surface area contributed by atoms with Gasteiger partial charge >= 0.3 is 5.97 Å². The van der Waals surface area contributed by atoms with Gasteiger partial charge in [-0.3, -0.25) is 4.90 Å². The van der Waals surface area contributed by atoms with Crippen molar-refractivity contribution in [3.63, 3.8) is 0 Å². The highest BCUT2D eigenvalue weighted by molar-refractivity contribution is 5.84. The molecule has 0 aliphatic rings. The van der Waals surface area contributed by atoms with Crippen molar-refractivity contribution < 1.29 is 18.7 Å². The third-order valence-electron chi connectivity index (χ3n) is 3.62. The van der Waals surface area contributed by atoms with E-state index in [0.29, 0.717) is 19.0 Å². The van der Waals surface area contributed by atoms with Crippen molar-refractivity contribution in [3.8, 4) is 0 Å². The molecular weight excluding hydrogens is 287 g/mol. The summed E-state index contributed by atoms with van der Waals surface area (Å²) in [5.74, 6) is -1.01. The van der Waals surface area contributed by atoms with Crippen molar-refractivity contribution in [1.29, 1.82) is 0 Å². The highest BCUT2D eigenvalue weighted by atomic mass is 19.1. The van der Waals surface area contributed by atoms with Crippen LogP contribution >= 0.6 is 0 Å². The van der Waals surface area contributed by atoms with Crippen LogP contribution in [0.2, 0.25) is 0 Å². The smallest absolute Gasteiger partial charge is 0.357 e. The second kappa shape index (κ2) is 7.17. The van der Waals surface area contributed by atoms with Crippen LogP contribution in [0.15, 0.2) is 34.9 Å². The molecule has 2 rings (SSSR count). The number of benzene rings is 1. The van der Waals surface area contributed by atoms with Gasteiger partial charge in [-0.05, 0) is 31.0 Å². The first kappa shape index (κ1) is 16.2. The van der Waals surface area contributed by atoms with Crippen molar-refractivity contribution in [3.05, 3.63) is 53.5 Å². The summed E-state index contributed by atoms with van der Waals surface area (Å²) in [5.41, 5.74) is 0.882. The van der Waals surface area contributed by atoms with Gasteiger partial charge in [0.15, 0.2) is 5.69 Å². The summed E-state index contributed by atoms with van der Waals surface area (Å²) in [5, 5.41) is 8.88. The molecule has 1 N–H and O–H groups in total. The first-order valence-electron chi connectivity index (χ1n) is 7.15. The third-order valence-corrected chi connectivity index (χ3v) is 3.62. The molecule has 0 radical (unpaired) electrons. The number of oxazole rings is 1. The Morgan fingerprint density at radius 3 is 2.59 bits per heavy atom. The van der Waals surface area contributed by atoms with Crippen molar-refractivity contribution in [2.45, 2.75) is 39.4 Å². The molecule has 22 heavy (non-hydrogen) atoms. The van der Waals surface area contributed by atoms with Crippen molar-refractivity contribution in [2.24, 2.45) is 0 Å². The van der Waals surface area contributed by atoms with Gasteiger partial charge in [0.2, 0.25) is 5.89 Å². The van der Waals surface area contributed by atoms with E-state index in [2.05, 4.69) is 23.7 Å². The molecule has 0 saturated carbocycles. The highest BCUT2D eigenvalue weighted by Gasteiger charge is 2.18. The van der Waals surface area contributed by atoms with E-state index in [1.54, 1.807) is 12.1 Å². The molecule has 0 aliphatic carbocycles. The molecular formula is C16H19FN2O3. The van der Waals surface area contributed by atoms with E-state index in [4.69, 9.17) is 9.52 Å². The fourth-order valence-corrected chi connectivity index (χ4v) is 2.11. The molecule has 0 fully saturated rings. The number of rotatable bonds is 7. The van der Waals surface area contributed by atoms with E-state index in [9.17, 15) is 9.18 Å². The minimum absolute atomic E-state index is 0.0964. The molecule has 1 aromatic carbocycles. The molecule has 0 spiro atoms. The summed E-state index contributed by atoms with van der Waals surface area (Å²) in [4.78, 5) is 16.9. The second-order valence-electron chi connectivity index (χ2n) is 5.22. The van der Waals surface area contributed by atoms with E-state index in [1.165, 1.54) is 12.1 Å². The molecule has 118 valence electrons. The SMILES string of the molecule is CCC(C)N(Cc1ccc(F)cc1)Cc1nc(C(=O)O)co1. The number of aromatic carboxylic acids is 1. The number of carbonyl (C=O) groups is 1. The van der Waals surface area contributed by atoms with E-state index in [1.807, 2.05) is 0 Å². The first-order chi connectivity index (χ1) is 10.5. The minimum Gasteiger partial charge on any atom is -0.476 e. The lowest BCUT2D eigenvalue weighted by Gasteiger charge is -2.27. The Balaban J connectivity index is 2.11. The van der Waals surface area contributed by atoms with Gasteiger partial charge in [-0.15, -0.1) is 0 Å². The van der Waals surface area contributed by atoms with E-state index < -0.39 is 5.97 Å². The lowest BCUT2D eigenvalue weighted by molar-refractivity contribution is 0.0690. The Hall–Kier alpha value is -2.21. The minimum atomic E-state index is -1.11. The monoisotopic (exact) mass is 306 g/mol. The van der Waals surface area contributed by atoms with Gasteiger partial charge in [0.25, 0.3) is 0 Å². The lowest BCUT2D eigenvalue weighted by atomic mass is 10.1. The van der Waals surface area contributed by atoms with E-state index in [-0.39, 0.29) is 17.6 Å². The van der Waals surface area contributed by atoms with Crippen molar-refractivity contribution >= 4 is 5.97 Å². The fourth-order valence-electron chi connectivity index (χ4n) is 2.11. The van der Waals surface area contributed by atoms with Crippen LogP contribution in [0, 0.1) is 5.82 Å². The standard InChI is InChI=1S/C16H19FN2O3/c1-3-11(2)19(8-12-4-6-13(17)7-5-12)9-15-18-14(10-22-15)16(20)21/h4-7,10-11H,3,8-9H2,1-2H3,(H,20,21). The van der Waals surface area contributed by atoms with Crippen LogP contribution in [-0.2, 0) is 13.1 Å². The maximum Gasteiger partial charge on any atom is 0.357 e. The Bertz CT molecular complexity index is 625. The predicted molar refractivity (Wildman–Crippen MR) is 78.9 cm³/mol. The number of hydrogen-bond donors (Lipinski definition) is 1. The summed E-state index contributed by atoms with van der Waals surface area (Å²) >= 11 is 0. The average molecular weight is 306 g/mol. The van der Waals surface area contributed by atoms with Crippen LogP contribution in [0.1, 0.15) is 42.2 Å². The molecule has 5 nitrogen and oxygen atoms in total. The summed E-state index contributed by atoms with van der Waals surface area (Å²) in [6.07, 6.45) is 2.07. The van der Waals surface area contributed by atoms with Crippen LogP contribution in [-0.4, -0.2) is 27.0 Å². The Kier molecular flexibility index (Phi) is 5.27. The van der Waals surface area contributed by atoms with E-state index >= 15 is 0 Å². The van der Waals surface area contributed by atoms with Crippen LogP contribution in [0.4, 0.5) is 4.39 Å². The molecule has 1 aromatic heterocycles. The quantitative estimate of drug-likeness (QED) is 0.850. The van der Waals surface area contributed by atoms with Gasteiger partial charge in [0.05, 0.1) is 6.54 Å². The van der Waals surface area contributed by atoms with Crippen molar-refractivity contribution in [2.75, 3.05) is 0 Å². The number of carboxylic acid groups (broad SMARTS) is 1. The number of hydrogen-bond acceptors (Lipinski definition) is 4. The number of halogens is 1.